The molecule has 39 heavy (non-hydrogen) atoms. The second-order valence-electron chi connectivity index (χ2n) is 9.09. The maximum Gasteiger partial charge on any atom is 0.333 e. The highest BCUT2D eigenvalue weighted by molar-refractivity contribution is 5.87. The Morgan fingerprint density at radius 2 is 1.33 bits per heavy atom. The largest absolute Gasteiger partial charge is 0.491 e. The molecule has 0 amide bonds. The molecular weight excluding hydrogens is 496 g/mol. The average molecular weight is 531 g/mol. The summed E-state index contributed by atoms with van der Waals surface area (Å²) in [7, 11) is 0. The van der Waals surface area contributed by atoms with Gasteiger partial charge < -0.3 is 24.1 Å². The Labute approximate surface area is 229 Å². The van der Waals surface area contributed by atoms with E-state index in [-0.39, 0.29) is 33.0 Å². The Morgan fingerprint density at radius 1 is 0.744 bits per heavy atom. The SMILES string of the molecule is C=C(C)C(=O)OCCOc1cc(-c2ccc(C)cc2)c(COC(=O)C(=C)C)cc1-c1ccc(OCCO)cc1. The molecule has 1 N–H and O–H groups in total. The summed E-state index contributed by atoms with van der Waals surface area (Å²) in [5, 5.41) is 9.03. The lowest BCUT2D eigenvalue weighted by atomic mass is 9.93. The Hall–Kier alpha value is -4.36. The van der Waals surface area contributed by atoms with Crippen LogP contribution in [0, 0.1) is 6.92 Å². The Morgan fingerprint density at radius 3 is 1.95 bits per heavy atom. The van der Waals surface area contributed by atoms with Gasteiger partial charge in [0.25, 0.3) is 0 Å². The van der Waals surface area contributed by atoms with Crippen LogP contribution in [0.5, 0.6) is 11.5 Å². The van der Waals surface area contributed by atoms with Gasteiger partial charge in [-0.15, -0.1) is 0 Å². The molecule has 0 aromatic heterocycles. The molecule has 0 aliphatic rings. The van der Waals surface area contributed by atoms with Gasteiger partial charge in [-0.3, -0.25) is 0 Å². The van der Waals surface area contributed by atoms with Crippen LogP contribution in [-0.4, -0.2) is 43.5 Å². The number of aliphatic hydroxyl groups is 1. The van der Waals surface area contributed by atoms with Gasteiger partial charge in [-0.2, -0.15) is 0 Å². The number of hydrogen-bond acceptors (Lipinski definition) is 7. The van der Waals surface area contributed by atoms with E-state index in [1.165, 1.54) is 0 Å². The Bertz CT molecular complexity index is 1320. The predicted octanol–water partition coefficient (Wildman–Crippen LogP) is 5.82. The van der Waals surface area contributed by atoms with Crippen LogP contribution in [0.1, 0.15) is 25.0 Å². The first-order chi connectivity index (χ1) is 18.7. The summed E-state index contributed by atoms with van der Waals surface area (Å²) in [4.78, 5) is 24.0. The molecule has 7 nitrogen and oxygen atoms in total. The molecular formula is C32H34O7. The molecule has 3 aromatic rings. The number of rotatable bonds is 13. The van der Waals surface area contributed by atoms with Crippen molar-refractivity contribution in [2.24, 2.45) is 0 Å². The van der Waals surface area contributed by atoms with Crippen LogP contribution in [0.2, 0.25) is 0 Å². The van der Waals surface area contributed by atoms with E-state index in [9.17, 15) is 9.59 Å². The van der Waals surface area contributed by atoms with Crippen molar-refractivity contribution in [3.05, 3.63) is 96.1 Å². The molecule has 3 aromatic carbocycles. The Balaban J connectivity index is 2.04. The van der Waals surface area contributed by atoms with Crippen molar-refractivity contribution in [1.29, 1.82) is 0 Å². The number of hydrogen-bond donors (Lipinski definition) is 1. The van der Waals surface area contributed by atoms with E-state index < -0.39 is 11.9 Å². The number of carbonyl (C=O) groups is 2. The molecule has 3 rings (SSSR count). The van der Waals surface area contributed by atoms with Gasteiger partial charge in [-0.05, 0) is 67.3 Å². The maximum atomic E-state index is 12.2. The van der Waals surface area contributed by atoms with Crippen LogP contribution in [0.15, 0.2) is 85.0 Å². The lowest BCUT2D eigenvalue weighted by Gasteiger charge is -2.18. The Kier molecular flexibility index (Phi) is 10.5. The van der Waals surface area contributed by atoms with Gasteiger partial charge in [0, 0.05) is 16.7 Å². The minimum absolute atomic E-state index is 0.0378. The van der Waals surface area contributed by atoms with Crippen LogP contribution in [-0.2, 0) is 25.7 Å². The molecule has 0 aliphatic heterocycles. The van der Waals surface area contributed by atoms with E-state index >= 15 is 0 Å². The van der Waals surface area contributed by atoms with Gasteiger partial charge in [0.05, 0.1) is 6.61 Å². The van der Waals surface area contributed by atoms with E-state index in [0.29, 0.717) is 22.6 Å². The van der Waals surface area contributed by atoms with Crippen molar-refractivity contribution in [1.82, 2.24) is 0 Å². The summed E-state index contributed by atoms with van der Waals surface area (Å²) in [6.07, 6.45) is 0. The number of aliphatic hydroxyl groups excluding tert-OH is 1. The summed E-state index contributed by atoms with van der Waals surface area (Å²) in [6.45, 7) is 12.8. The number of aryl methyl sites for hydroxylation is 1. The summed E-state index contributed by atoms with van der Waals surface area (Å²) in [5.41, 5.74) is 5.89. The molecule has 0 aliphatic carbocycles. The molecule has 0 radical (unpaired) electrons. The first-order valence-electron chi connectivity index (χ1n) is 12.6. The normalized spacial score (nSPS) is 10.5. The van der Waals surface area contributed by atoms with Crippen LogP contribution >= 0.6 is 0 Å². The van der Waals surface area contributed by atoms with Crippen molar-refractivity contribution >= 4 is 11.9 Å². The lowest BCUT2D eigenvalue weighted by molar-refractivity contribution is -0.140. The van der Waals surface area contributed by atoms with Gasteiger partial charge in [0.2, 0.25) is 0 Å². The van der Waals surface area contributed by atoms with E-state index in [1.54, 1.807) is 26.0 Å². The van der Waals surface area contributed by atoms with Crippen LogP contribution < -0.4 is 9.47 Å². The van der Waals surface area contributed by atoms with Crippen LogP contribution in [0.25, 0.3) is 22.3 Å². The van der Waals surface area contributed by atoms with E-state index in [1.807, 2.05) is 55.5 Å². The third-order valence-corrected chi connectivity index (χ3v) is 5.72. The third-order valence-electron chi connectivity index (χ3n) is 5.72. The summed E-state index contributed by atoms with van der Waals surface area (Å²) >= 11 is 0. The highest BCUT2D eigenvalue weighted by atomic mass is 16.6. The molecule has 0 heterocycles. The second kappa shape index (κ2) is 14.0. The average Bonchev–Trinajstić information content (AvgIpc) is 2.93. The number of esters is 2. The molecule has 0 bridgehead atoms. The topological polar surface area (TPSA) is 91.3 Å². The zero-order valence-electron chi connectivity index (χ0n) is 22.6. The van der Waals surface area contributed by atoms with E-state index in [2.05, 4.69) is 13.2 Å². The van der Waals surface area contributed by atoms with Gasteiger partial charge in [0.15, 0.2) is 0 Å². The van der Waals surface area contributed by atoms with Gasteiger partial charge in [0.1, 0.15) is 37.9 Å². The summed E-state index contributed by atoms with van der Waals surface area (Å²) in [5.74, 6) is 0.230. The lowest BCUT2D eigenvalue weighted by Crippen LogP contribution is -2.13. The van der Waals surface area contributed by atoms with Crippen molar-refractivity contribution < 1.29 is 33.6 Å². The summed E-state index contributed by atoms with van der Waals surface area (Å²) in [6, 6.07) is 19.2. The first kappa shape index (κ1) is 29.2. The minimum atomic E-state index is -0.479. The zero-order valence-corrected chi connectivity index (χ0v) is 22.6. The smallest absolute Gasteiger partial charge is 0.333 e. The fourth-order valence-electron chi connectivity index (χ4n) is 3.66. The molecule has 0 saturated carbocycles. The molecule has 204 valence electrons. The van der Waals surface area contributed by atoms with Crippen LogP contribution in [0.4, 0.5) is 0 Å². The van der Waals surface area contributed by atoms with Crippen molar-refractivity contribution in [3.8, 4) is 33.8 Å². The quantitative estimate of drug-likeness (QED) is 0.169. The molecule has 0 spiro atoms. The highest BCUT2D eigenvalue weighted by Gasteiger charge is 2.17. The molecule has 0 unspecified atom stereocenters. The standard InChI is InChI=1S/C32H34O7/c1-21(2)31(34)38-17-16-37-30-19-28(24-8-6-23(5)7-9-24)26(20-39-32(35)22(3)4)18-29(30)25-10-12-27(13-11-25)36-15-14-33/h6-13,18-19,33H,1,3,14-17,20H2,2,4-5H3. The fourth-order valence-corrected chi connectivity index (χ4v) is 3.66. The molecule has 0 saturated heterocycles. The minimum Gasteiger partial charge on any atom is -0.491 e. The van der Waals surface area contributed by atoms with Crippen molar-refractivity contribution in [2.75, 3.05) is 26.4 Å². The fraction of sp³-hybridized carbons (Fsp3) is 0.250. The monoisotopic (exact) mass is 530 g/mol. The van der Waals surface area contributed by atoms with Gasteiger partial charge >= 0.3 is 11.9 Å². The summed E-state index contributed by atoms with van der Waals surface area (Å²) < 4.78 is 22.3. The van der Waals surface area contributed by atoms with E-state index in [4.69, 9.17) is 24.1 Å². The number of ether oxygens (including phenoxy) is 4. The van der Waals surface area contributed by atoms with Crippen molar-refractivity contribution in [3.63, 3.8) is 0 Å². The predicted molar refractivity (Wildman–Crippen MR) is 151 cm³/mol. The molecule has 7 heteroatoms. The van der Waals surface area contributed by atoms with Gasteiger partial charge in [-0.25, -0.2) is 9.59 Å². The third kappa shape index (κ3) is 8.32. The van der Waals surface area contributed by atoms with Crippen molar-refractivity contribution in [2.45, 2.75) is 27.4 Å². The molecule has 0 atom stereocenters. The second-order valence-corrected chi connectivity index (χ2v) is 9.09. The first-order valence-corrected chi connectivity index (χ1v) is 12.6. The molecule has 0 fully saturated rings. The number of benzene rings is 3. The van der Waals surface area contributed by atoms with E-state index in [0.717, 1.165) is 33.4 Å². The highest BCUT2D eigenvalue weighted by Crippen LogP contribution is 2.38. The number of carbonyl (C=O) groups excluding carboxylic acids is 2. The van der Waals surface area contributed by atoms with Gasteiger partial charge in [-0.1, -0.05) is 55.1 Å². The zero-order chi connectivity index (χ0) is 28.4. The van der Waals surface area contributed by atoms with Crippen LogP contribution in [0.3, 0.4) is 0 Å². The maximum absolute atomic E-state index is 12.2.